The Morgan fingerprint density at radius 1 is 1.16 bits per heavy atom. The van der Waals surface area contributed by atoms with Crippen LogP contribution in [0.25, 0.3) is 10.9 Å². The maximum absolute atomic E-state index is 11.0. The van der Waals surface area contributed by atoms with Gasteiger partial charge in [-0.25, -0.2) is 0 Å². The molecule has 0 saturated carbocycles. The molecule has 0 spiro atoms. The number of hydrogen-bond acceptors (Lipinski definition) is 4. The number of aromatic nitrogens is 1. The molecule has 0 amide bonds. The molecule has 0 atom stereocenters. The molecular weight excluding hydrogens is 250 g/mol. The highest BCUT2D eigenvalue weighted by Crippen LogP contribution is 2.31. The summed E-state index contributed by atoms with van der Waals surface area (Å²) >= 11 is 0. The van der Waals surface area contributed by atoms with E-state index in [0.29, 0.717) is 10.9 Å². The minimum absolute atomic E-state index is 0.257. The van der Waals surface area contributed by atoms with E-state index in [1.165, 1.54) is 6.07 Å². The first-order valence-corrected chi connectivity index (χ1v) is 5.97. The number of aryl methyl sites for hydroxylation is 1. The Bertz CT molecular complexity index is 648. The molecule has 1 N–H and O–H groups in total. The summed E-state index contributed by atoms with van der Waals surface area (Å²) in [5.74, 6) is 0. The van der Waals surface area contributed by atoms with Crippen molar-refractivity contribution in [2.45, 2.75) is 26.2 Å². The van der Waals surface area contributed by atoms with E-state index in [2.05, 4.69) is 11.9 Å². The molecule has 2 rings (SSSR count). The smallest absolute Gasteiger partial charge is 0.300 e. The molecule has 100 valence electrons. The van der Waals surface area contributed by atoms with Crippen molar-refractivity contribution in [3.05, 3.63) is 44.1 Å². The number of non-ortho nitro benzene ring substituents is 2. The molecule has 0 saturated heterocycles. The van der Waals surface area contributed by atoms with E-state index in [1.807, 2.05) is 0 Å². The molecule has 0 bridgehead atoms. The lowest BCUT2D eigenvalue weighted by Crippen LogP contribution is -1.93. The number of nitro benzene ring substituents is 2. The third kappa shape index (κ3) is 2.54. The van der Waals surface area contributed by atoms with Crippen LogP contribution in [-0.4, -0.2) is 14.8 Å². The van der Waals surface area contributed by atoms with Gasteiger partial charge in [-0.05, 0) is 18.9 Å². The molecule has 0 unspecified atom stereocenters. The third-order valence-corrected chi connectivity index (χ3v) is 2.96. The first-order chi connectivity index (χ1) is 9.02. The lowest BCUT2D eigenvalue weighted by molar-refractivity contribution is -0.393. The van der Waals surface area contributed by atoms with Gasteiger partial charge in [-0.2, -0.15) is 0 Å². The predicted octanol–water partition coefficient (Wildman–Crippen LogP) is 3.33. The van der Waals surface area contributed by atoms with Crippen LogP contribution in [0.5, 0.6) is 0 Å². The van der Waals surface area contributed by atoms with Gasteiger partial charge in [-0.3, -0.25) is 20.2 Å². The lowest BCUT2D eigenvalue weighted by atomic mass is 10.2. The molecule has 7 nitrogen and oxygen atoms in total. The number of H-pyrrole nitrogens is 1. The second-order valence-electron chi connectivity index (χ2n) is 4.34. The number of nitrogens with zero attached hydrogens (tertiary/aromatic N) is 2. The molecule has 1 aromatic carbocycles. The van der Waals surface area contributed by atoms with Gasteiger partial charge >= 0.3 is 0 Å². The predicted molar refractivity (Wildman–Crippen MR) is 70.2 cm³/mol. The Morgan fingerprint density at radius 2 is 1.89 bits per heavy atom. The highest BCUT2D eigenvalue weighted by atomic mass is 16.6. The van der Waals surface area contributed by atoms with Crippen molar-refractivity contribution in [3.63, 3.8) is 0 Å². The van der Waals surface area contributed by atoms with Gasteiger partial charge in [0.15, 0.2) is 0 Å². The zero-order chi connectivity index (χ0) is 14.0. The average molecular weight is 263 g/mol. The van der Waals surface area contributed by atoms with Gasteiger partial charge in [0, 0.05) is 17.1 Å². The standard InChI is InChI=1S/C12H13N3O4/c1-2-3-4-9-5-8-6-10(14(16)17)7-11(15(18)19)12(8)13-9/h5-7,13H,2-4H2,1H3. The van der Waals surface area contributed by atoms with Crippen molar-refractivity contribution in [3.8, 4) is 0 Å². The quantitative estimate of drug-likeness (QED) is 0.660. The summed E-state index contributed by atoms with van der Waals surface area (Å²) < 4.78 is 0. The molecule has 0 radical (unpaired) electrons. The molecule has 2 aromatic rings. The summed E-state index contributed by atoms with van der Waals surface area (Å²) in [4.78, 5) is 23.5. The van der Waals surface area contributed by atoms with E-state index >= 15 is 0 Å². The van der Waals surface area contributed by atoms with Gasteiger partial charge < -0.3 is 4.98 Å². The third-order valence-electron chi connectivity index (χ3n) is 2.96. The SMILES string of the molecule is CCCCc1cc2cc([N+](=O)[O-])cc([N+](=O)[O-])c2[nH]1. The fraction of sp³-hybridized carbons (Fsp3) is 0.333. The number of aromatic amines is 1. The van der Waals surface area contributed by atoms with Gasteiger partial charge in [0.25, 0.3) is 11.4 Å². The molecule has 1 aromatic heterocycles. The summed E-state index contributed by atoms with van der Waals surface area (Å²) in [7, 11) is 0. The van der Waals surface area contributed by atoms with E-state index in [4.69, 9.17) is 0 Å². The van der Waals surface area contributed by atoms with Crippen molar-refractivity contribution in [2.75, 3.05) is 0 Å². The van der Waals surface area contributed by atoms with Gasteiger partial charge in [0.05, 0.1) is 15.9 Å². The Kier molecular flexibility index (Phi) is 3.46. The molecule has 0 fully saturated rings. The van der Waals surface area contributed by atoms with Crippen LogP contribution in [0.1, 0.15) is 25.5 Å². The van der Waals surface area contributed by atoms with E-state index in [1.54, 1.807) is 6.07 Å². The molecule has 1 heterocycles. The number of nitro groups is 2. The van der Waals surface area contributed by atoms with Crippen LogP contribution >= 0.6 is 0 Å². The van der Waals surface area contributed by atoms with Gasteiger partial charge in [-0.1, -0.05) is 13.3 Å². The zero-order valence-corrected chi connectivity index (χ0v) is 10.4. The van der Waals surface area contributed by atoms with Crippen LogP contribution in [0, 0.1) is 20.2 Å². The fourth-order valence-electron chi connectivity index (χ4n) is 2.02. The Labute approximate surface area is 108 Å². The van der Waals surface area contributed by atoms with Crippen molar-refractivity contribution in [2.24, 2.45) is 0 Å². The fourth-order valence-corrected chi connectivity index (χ4v) is 2.02. The largest absolute Gasteiger partial charge is 0.353 e. The Balaban J connectivity index is 2.57. The van der Waals surface area contributed by atoms with Crippen LogP contribution in [-0.2, 0) is 6.42 Å². The van der Waals surface area contributed by atoms with Crippen LogP contribution in [0.4, 0.5) is 11.4 Å². The number of rotatable bonds is 5. The number of nitrogens with one attached hydrogen (secondary N) is 1. The van der Waals surface area contributed by atoms with Crippen molar-refractivity contribution >= 4 is 22.3 Å². The first kappa shape index (κ1) is 13.0. The van der Waals surface area contributed by atoms with Crippen molar-refractivity contribution in [1.82, 2.24) is 4.98 Å². The molecule has 19 heavy (non-hydrogen) atoms. The molecule has 0 aliphatic rings. The average Bonchev–Trinajstić information content (AvgIpc) is 2.77. The van der Waals surface area contributed by atoms with Crippen molar-refractivity contribution < 1.29 is 9.85 Å². The van der Waals surface area contributed by atoms with Gasteiger partial charge in [0.1, 0.15) is 5.52 Å². The second kappa shape index (κ2) is 5.05. The minimum Gasteiger partial charge on any atom is -0.353 e. The Hall–Kier alpha value is -2.44. The van der Waals surface area contributed by atoms with E-state index in [-0.39, 0.29) is 11.4 Å². The molecule has 0 aliphatic carbocycles. The summed E-state index contributed by atoms with van der Waals surface area (Å²) in [6.07, 6.45) is 2.75. The van der Waals surface area contributed by atoms with E-state index in [0.717, 1.165) is 31.0 Å². The van der Waals surface area contributed by atoms with E-state index < -0.39 is 9.85 Å². The van der Waals surface area contributed by atoms with Crippen LogP contribution in [0.15, 0.2) is 18.2 Å². The minimum atomic E-state index is -0.620. The highest BCUT2D eigenvalue weighted by Gasteiger charge is 2.20. The molecule has 7 heteroatoms. The summed E-state index contributed by atoms with van der Waals surface area (Å²) in [5, 5.41) is 22.3. The van der Waals surface area contributed by atoms with Gasteiger partial charge in [-0.15, -0.1) is 0 Å². The monoisotopic (exact) mass is 263 g/mol. The number of unbranched alkanes of at least 4 members (excludes halogenated alkanes) is 1. The summed E-state index contributed by atoms with van der Waals surface area (Å²) in [6, 6.07) is 4.09. The number of hydrogen-bond donors (Lipinski definition) is 1. The normalized spacial score (nSPS) is 10.8. The van der Waals surface area contributed by atoms with Crippen LogP contribution in [0.2, 0.25) is 0 Å². The summed E-state index contributed by atoms with van der Waals surface area (Å²) in [5.41, 5.74) is 0.689. The highest BCUT2D eigenvalue weighted by molar-refractivity contribution is 5.91. The van der Waals surface area contributed by atoms with Crippen molar-refractivity contribution in [1.29, 1.82) is 0 Å². The number of benzene rings is 1. The maximum Gasteiger partial charge on any atom is 0.300 e. The molecular formula is C12H13N3O4. The van der Waals surface area contributed by atoms with Gasteiger partial charge in [0.2, 0.25) is 0 Å². The topological polar surface area (TPSA) is 102 Å². The molecule has 0 aliphatic heterocycles. The second-order valence-corrected chi connectivity index (χ2v) is 4.34. The first-order valence-electron chi connectivity index (χ1n) is 5.97. The number of fused-ring (bicyclic) bond motifs is 1. The van der Waals surface area contributed by atoms with Crippen LogP contribution in [0.3, 0.4) is 0 Å². The Morgan fingerprint density at radius 3 is 2.47 bits per heavy atom. The van der Waals surface area contributed by atoms with E-state index in [9.17, 15) is 20.2 Å². The zero-order valence-electron chi connectivity index (χ0n) is 10.4. The lowest BCUT2D eigenvalue weighted by Gasteiger charge is -1.95. The van der Waals surface area contributed by atoms with Crippen LogP contribution < -0.4 is 0 Å². The maximum atomic E-state index is 11.0. The summed E-state index contributed by atoms with van der Waals surface area (Å²) in [6.45, 7) is 2.05.